The molecule has 0 N–H and O–H groups in total. The van der Waals surface area contributed by atoms with Crippen LogP contribution in [0.3, 0.4) is 0 Å². The van der Waals surface area contributed by atoms with Crippen molar-refractivity contribution in [2.75, 3.05) is 6.54 Å². The zero-order valence-corrected chi connectivity index (χ0v) is 13.2. The molecule has 2 atom stereocenters. The van der Waals surface area contributed by atoms with Gasteiger partial charge in [0.25, 0.3) is 0 Å². The van der Waals surface area contributed by atoms with Crippen LogP contribution in [-0.2, 0) is 11.2 Å². The summed E-state index contributed by atoms with van der Waals surface area (Å²) in [6, 6.07) is 6.65. The third kappa shape index (κ3) is 2.97. The number of halogens is 1. The third-order valence-corrected chi connectivity index (χ3v) is 5.00. The lowest BCUT2D eigenvalue weighted by molar-refractivity contribution is -0.131. The summed E-state index contributed by atoms with van der Waals surface area (Å²) in [6.07, 6.45) is 3.80. The Morgan fingerprint density at radius 2 is 1.90 bits per heavy atom. The Kier molecular flexibility index (Phi) is 3.34. The summed E-state index contributed by atoms with van der Waals surface area (Å²) in [5.74, 6) is -0.0643. The Balaban J connectivity index is 1.73. The van der Waals surface area contributed by atoms with Gasteiger partial charge in [-0.2, -0.15) is 0 Å². The van der Waals surface area contributed by atoms with Crippen LogP contribution in [0.1, 0.15) is 45.6 Å². The van der Waals surface area contributed by atoms with Gasteiger partial charge in [-0.3, -0.25) is 4.79 Å². The molecule has 1 aliphatic carbocycles. The predicted octanol–water partition coefficient (Wildman–Crippen LogP) is 3.80. The van der Waals surface area contributed by atoms with E-state index >= 15 is 0 Å². The molecule has 3 rings (SSSR count). The van der Waals surface area contributed by atoms with Crippen LogP contribution in [0.15, 0.2) is 24.3 Å². The molecule has 3 heteroatoms. The summed E-state index contributed by atoms with van der Waals surface area (Å²) in [4.78, 5) is 14.7. The van der Waals surface area contributed by atoms with Gasteiger partial charge in [-0.1, -0.05) is 32.9 Å². The van der Waals surface area contributed by atoms with Crippen molar-refractivity contribution in [1.82, 2.24) is 4.90 Å². The first kappa shape index (κ1) is 14.6. The molecule has 2 aliphatic rings. The number of fused-ring (bicyclic) bond motifs is 2. The van der Waals surface area contributed by atoms with E-state index in [1.165, 1.54) is 18.6 Å². The number of hydrogen-bond acceptors (Lipinski definition) is 1. The molecule has 114 valence electrons. The molecule has 2 fully saturated rings. The molecule has 2 bridgehead atoms. The molecule has 1 aliphatic heterocycles. The Labute approximate surface area is 126 Å². The SMILES string of the molecule is CC1(C)CC2CC(C)(CN2C(=O)Cc2ccc(F)cc2)C1. The molecule has 21 heavy (non-hydrogen) atoms. The summed E-state index contributed by atoms with van der Waals surface area (Å²) in [5, 5.41) is 0. The molecule has 1 amide bonds. The van der Waals surface area contributed by atoms with Crippen LogP contribution in [-0.4, -0.2) is 23.4 Å². The van der Waals surface area contributed by atoms with Crippen LogP contribution < -0.4 is 0 Å². The Morgan fingerprint density at radius 3 is 2.57 bits per heavy atom. The van der Waals surface area contributed by atoms with Crippen molar-refractivity contribution in [2.24, 2.45) is 10.8 Å². The molecule has 1 saturated carbocycles. The molecule has 1 aromatic rings. The molecule has 0 spiro atoms. The average molecular weight is 289 g/mol. The lowest BCUT2D eigenvalue weighted by atomic mass is 9.65. The fourth-order valence-corrected chi connectivity index (χ4v) is 4.63. The van der Waals surface area contributed by atoms with Crippen molar-refractivity contribution in [1.29, 1.82) is 0 Å². The van der Waals surface area contributed by atoms with Crippen LogP contribution >= 0.6 is 0 Å². The van der Waals surface area contributed by atoms with Crippen molar-refractivity contribution in [3.8, 4) is 0 Å². The fraction of sp³-hybridized carbons (Fsp3) is 0.611. The minimum atomic E-state index is -0.252. The quantitative estimate of drug-likeness (QED) is 0.811. The summed E-state index contributed by atoms with van der Waals surface area (Å²) >= 11 is 0. The molecule has 1 heterocycles. The topological polar surface area (TPSA) is 20.3 Å². The van der Waals surface area contributed by atoms with Crippen LogP contribution in [0.2, 0.25) is 0 Å². The lowest BCUT2D eigenvalue weighted by Gasteiger charge is -2.39. The zero-order chi connectivity index (χ0) is 15.3. The summed E-state index contributed by atoms with van der Waals surface area (Å²) in [6.45, 7) is 7.81. The number of carbonyl (C=O) groups excluding carboxylic acids is 1. The minimum absolute atomic E-state index is 0.188. The van der Waals surface area contributed by atoms with Crippen LogP contribution in [0, 0.1) is 16.6 Å². The van der Waals surface area contributed by atoms with Gasteiger partial charge in [0, 0.05) is 12.6 Å². The first-order chi connectivity index (χ1) is 9.76. The van der Waals surface area contributed by atoms with Crippen molar-refractivity contribution in [3.05, 3.63) is 35.6 Å². The highest BCUT2D eigenvalue weighted by Crippen LogP contribution is 2.52. The maximum Gasteiger partial charge on any atom is 0.227 e. The highest BCUT2D eigenvalue weighted by atomic mass is 19.1. The number of benzene rings is 1. The first-order valence-electron chi connectivity index (χ1n) is 7.80. The predicted molar refractivity (Wildman–Crippen MR) is 81.3 cm³/mol. The van der Waals surface area contributed by atoms with E-state index in [0.29, 0.717) is 17.9 Å². The minimum Gasteiger partial charge on any atom is -0.339 e. The first-order valence-corrected chi connectivity index (χ1v) is 7.80. The number of rotatable bonds is 2. The summed E-state index contributed by atoms with van der Waals surface area (Å²) in [7, 11) is 0. The Hall–Kier alpha value is -1.38. The van der Waals surface area contributed by atoms with E-state index in [9.17, 15) is 9.18 Å². The number of likely N-dealkylation sites (tertiary alicyclic amines) is 1. The Morgan fingerprint density at radius 1 is 1.24 bits per heavy atom. The van der Waals surface area contributed by atoms with Gasteiger partial charge in [0.05, 0.1) is 6.42 Å². The molecule has 0 aromatic heterocycles. The maximum atomic E-state index is 12.9. The number of nitrogens with zero attached hydrogens (tertiary/aromatic N) is 1. The van der Waals surface area contributed by atoms with Crippen molar-refractivity contribution in [2.45, 2.75) is 52.5 Å². The second kappa shape index (κ2) is 4.82. The monoisotopic (exact) mass is 289 g/mol. The van der Waals surface area contributed by atoms with Crippen molar-refractivity contribution < 1.29 is 9.18 Å². The van der Waals surface area contributed by atoms with Gasteiger partial charge in [0.2, 0.25) is 5.91 Å². The van der Waals surface area contributed by atoms with E-state index in [0.717, 1.165) is 24.9 Å². The number of hydrogen-bond donors (Lipinski definition) is 0. The number of amides is 1. The second-order valence-corrected chi connectivity index (χ2v) is 8.04. The largest absolute Gasteiger partial charge is 0.339 e. The maximum absolute atomic E-state index is 12.9. The van der Waals surface area contributed by atoms with Gasteiger partial charge in [-0.15, -0.1) is 0 Å². The van der Waals surface area contributed by atoms with E-state index in [-0.39, 0.29) is 17.1 Å². The molecule has 2 nitrogen and oxygen atoms in total. The van der Waals surface area contributed by atoms with Gasteiger partial charge in [-0.05, 0) is 47.8 Å². The van der Waals surface area contributed by atoms with Crippen molar-refractivity contribution >= 4 is 5.91 Å². The van der Waals surface area contributed by atoms with Crippen LogP contribution in [0.5, 0.6) is 0 Å². The van der Waals surface area contributed by atoms with Crippen molar-refractivity contribution in [3.63, 3.8) is 0 Å². The second-order valence-electron chi connectivity index (χ2n) is 8.04. The molecular weight excluding hydrogens is 265 g/mol. The van der Waals surface area contributed by atoms with E-state index in [4.69, 9.17) is 0 Å². The fourth-order valence-electron chi connectivity index (χ4n) is 4.63. The standard InChI is InChI=1S/C18H24FNO/c1-17(2)9-15-10-18(3,11-17)12-20(15)16(21)8-13-4-6-14(19)7-5-13/h4-7,15H,8-12H2,1-3H3. The van der Waals surface area contributed by atoms with Gasteiger partial charge >= 0.3 is 0 Å². The number of carbonyl (C=O) groups is 1. The molecule has 0 radical (unpaired) electrons. The lowest BCUT2D eigenvalue weighted by Crippen LogP contribution is -2.38. The zero-order valence-electron chi connectivity index (χ0n) is 13.2. The average Bonchev–Trinajstić information content (AvgIpc) is 2.61. The molecule has 1 aromatic carbocycles. The Bertz CT molecular complexity index is 551. The van der Waals surface area contributed by atoms with Gasteiger partial charge < -0.3 is 4.90 Å². The van der Waals surface area contributed by atoms with E-state index in [1.54, 1.807) is 12.1 Å². The van der Waals surface area contributed by atoms with E-state index < -0.39 is 0 Å². The van der Waals surface area contributed by atoms with Crippen LogP contribution in [0.25, 0.3) is 0 Å². The molecular formula is C18H24FNO. The molecule has 1 saturated heterocycles. The van der Waals surface area contributed by atoms with E-state index in [2.05, 4.69) is 25.7 Å². The summed E-state index contributed by atoms with van der Waals surface area (Å²) < 4.78 is 12.9. The van der Waals surface area contributed by atoms with Gasteiger partial charge in [0.15, 0.2) is 0 Å². The highest BCUT2D eigenvalue weighted by molar-refractivity contribution is 5.79. The smallest absolute Gasteiger partial charge is 0.227 e. The third-order valence-electron chi connectivity index (χ3n) is 5.00. The molecule has 2 unspecified atom stereocenters. The van der Waals surface area contributed by atoms with Gasteiger partial charge in [-0.25, -0.2) is 4.39 Å². The van der Waals surface area contributed by atoms with Gasteiger partial charge in [0.1, 0.15) is 5.82 Å². The summed E-state index contributed by atoms with van der Waals surface area (Å²) in [5.41, 5.74) is 1.49. The van der Waals surface area contributed by atoms with E-state index in [1.807, 2.05) is 0 Å². The van der Waals surface area contributed by atoms with Crippen LogP contribution in [0.4, 0.5) is 4.39 Å². The highest BCUT2D eigenvalue weighted by Gasteiger charge is 2.50. The normalized spacial score (nSPS) is 30.5.